The maximum atomic E-state index is 12.1. The highest BCUT2D eigenvalue weighted by molar-refractivity contribution is 5.93. The Morgan fingerprint density at radius 1 is 1.21 bits per heavy atom. The molecule has 0 radical (unpaired) electrons. The van der Waals surface area contributed by atoms with Crippen molar-refractivity contribution in [3.63, 3.8) is 0 Å². The Kier molecular flexibility index (Phi) is 4.20. The lowest BCUT2D eigenvalue weighted by atomic mass is 9.91. The fourth-order valence-corrected chi connectivity index (χ4v) is 2.36. The predicted molar refractivity (Wildman–Crippen MR) is 78.6 cm³/mol. The molecular formula is C17H20O2. The molecule has 2 aromatic rings. The zero-order valence-electron chi connectivity index (χ0n) is 11.5. The SMILES string of the molecule is CCCCC(=O)C(C)c1ccc2ccccc2c1O. The van der Waals surface area contributed by atoms with Crippen molar-refractivity contribution in [3.05, 3.63) is 42.0 Å². The molecule has 2 heteroatoms. The van der Waals surface area contributed by atoms with Gasteiger partial charge in [-0.15, -0.1) is 0 Å². The topological polar surface area (TPSA) is 37.3 Å². The van der Waals surface area contributed by atoms with Gasteiger partial charge in [0.15, 0.2) is 0 Å². The molecule has 0 saturated heterocycles. The Bertz CT molecular complexity index is 587. The van der Waals surface area contributed by atoms with Crippen LogP contribution in [0.3, 0.4) is 0 Å². The van der Waals surface area contributed by atoms with E-state index in [1.807, 2.05) is 43.3 Å². The van der Waals surface area contributed by atoms with Crippen LogP contribution in [0.2, 0.25) is 0 Å². The number of phenols is 1. The van der Waals surface area contributed by atoms with E-state index in [0.29, 0.717) is 6.42 Å². The molecule has 100 valence electrons. The van der Waals surface area contributed by atoms with E-state index >= 15 is 0 Å². The molecule has 2 rings (SSSR count). The number of hydrogen-bond donors (Lipinski definition) is 1. The summed E-state index contributed by atoms with van der Waals surface area (Å²) in [4.78, 5) is 12.1. The number of rotatable bonds is 5. The second kappa shape index (κ2) is 5.87. The molecular weight excluding hydrogens is 236 g/mol. The second-order valence-electron chi connectivity index (χ2n) is 5.02. The van der Waals surface area contributed by atoms with Gasteiger partial charge in [0.05, 0.1) is 0 Å². The summed E-state index contributed by atoms with van der Waals surface area (Å²) in [7, 11) is 0. The first-order chi connectivity index (χ1) is 9.15. The third kappa shape index (κ3) is 2.78. The summed E-state index contributed by atoms with van der Waals surface area (Å²) in [6.45, 7) is 3.95. The van der Waals surface area contributed by atoms with Crippen molar-refractivity contribution >= 4 is 16.6 Å². The molecule has 1 N–H and O–H groups in total. The highest BCUT2D eigenvalue weighted by Gasteiger charge is 2.19. The minimum Gasteiger partial charge on any atom is -0.507 e. The van der Waals surface area contributed by atoms with Gasteiger partial charge in [0, 0.05) is 23.3 Å². The van der Waals surface area contributed by atoms with Crippen LogP contribution in [0.1, 0.15) is 44.6 Å². The maximum absolute atomic E-state index is 12.1. The number of hydrogen-bond acceptors (Lipinski definition) is 2. The Labute approximate surface area is 114 Å². The van der Waals surface area contributed by atoms with Gasteiger partial charge >= 0.3 is 0 Å². The standard InChI is InChI=1S/C17H20O2/c1-3-4-9-16(18)12(2)14-11-10-13-7-5-6-8-15(13)17(14)19/h5-8,10-12,19H,3-4,9H2,1-2H3. The van der Waals surface area contributed by atoms with Crippen molar-refractivity contribution in [3.8, 4) is 5.75 Å². The van der Waals surface area contributed by atoms with Crippen molar-refractivity contribution in [1.82, 2.24) is 0 Å². The van der Waals surface area contributed by atoms with Crippen LogP contribution < -0.4 is 0 Å². The van der Waals surface area contributed by atoms with Crippen molar-refractivity contribution in [2.75, 3.05) is 0 Å². The Hall–Kier alpha value is -1.83. The van der Waals surface area contributed by atoms with Crippen molar-refractivity contribution in [2.45, 2.75) is 39.0 Å². The van der Waals surface area contributed by atoms with Crippen LogP contribution in [-0.2, 0) is 4.79 Å². The number of carbonyl (C=O) groups excluding carboxylic acids is 1. The van der Waals surface area contributed by atoms with Crippen LogP contribution in [0.25, 0.3) is 10.8 Å². The maximum Gasteiger partial charge on any atom is 0.140 e. The molecule has 0 bridgehead atoms. The number of unbranched alkanes of at least 4 members (excludes halogenated alkanes) is 1. The molecule has 0 aliphatic rings. The molecule has 0 amide bonds. The molecule has 19 heavy (non-hydrogen) atoms. The number of phenolic OH excluding ortho intramolecular Hbond substituents is 1. The summed E-state index contributed by atoms with van der Waals surface area (Å²) >= 11 is 0. The normalized spacial score (nSPS) is 12.5. The Morgan fingerprint density at radius 3 is 2.68 bits per heavy atom. The number of Topliss-reactive ketones (excluding diaryl/α,β-unsaturated/α-hetero) is 1. The van der Waals surface area contributed by atoms with E-state index in [1.165, 1.54) is 0 Å². The Morgan fingerprint density at radius 2 is 1.95 bits per heavy atom. The first kappa shape index (κ1) is 13.6. The largest absolute Gasteiger partial charge is 0.507 e. The van der Waals surface area contributed by atoms with E-state index in [9.17, 15) is 9.90 Å². The first-order valence-corrected chi connectivity index (χ1v) is 6.88. The highest BCUT2D eigenvalue weighted by Crippen LogP contribution is 2.34. The zero-order valence-corrected chi connectivity index (χ0v) is 11.5. The van der Waals surface area contributed by atoms with Gasteiger partial charge in [0.2, 0.25) is 0 Å². The van der Waals surface area contributed by atoms with Gasteiger partial charge in [-0.25, -0.2) is 0 Å². The molecule has 2 aromatic carbocycles. The molecule has 0 aromatic heterocycles. The molecule has 0 heterocycles. The van der Waals surface area contributed by atoms with Gasteiger partial charge in [-0.05, 0) is 11.8 Å². The third-order valence-electron chi connectivity index (χ3n) is 3.66. The average Bonchev–Trinajstić information content (AvgIpc) is 2.44. The number of benzene rings is 2. The van der Waals surface area contributed by atoms with Crippen LogP contribution in [0.15, 0.2) is 36.4 Å². The van der Waals surface area contributed by atoms with E-state index in [0.717, 1.165) is 29.2 Å². The smallest absolute Gasteiger partial charge is 0.140 e. The summed E-state index contributed by atoms with van der Waals surface area (Å²) in [6, 6.07) is 11.5. The van der Waals surface area contributed by atoms with E-state index < -0.39 is 0 Å². The summed E-state index contributed by atoms with van der Waals surface area (Å²) in [5, 5.41) is 12.2. The van der Waals surface area contributed by atoms with Crippen LogP contribution in [0, 0.1) is 0 Å². The molecule has 2 nitrogen and oxygen atoms in total. The Balaban J connectivity index is 2.34. The summed E-state index contributed by atoms with van der Waals surface area (Å²) < 4.78 is 0. The van der Waals surface area contributed by atoms with E-state index in [-0.39, 0.29) is 17.5 Å². The highest BCUT2D eigenvalue weighted by atomic mass is 16.3. The molecule has 0 fully saturated rings. The van der Waals surface area contributed by atoms with Crippen LogP contribution in [0.5, 0.6) is 5.75 Å². The van der Waals surface area contributed by atoms with Gasteiger partial charge in [-0.1, -0.05) is 56.7 Å². The van der Waals surface area contributed by atoms with Crippen molar-refractivity contribution < 1.29 is 9.90 Å². The quantitative estimate of drug-likeness (QED) is 0.860. The van der Waals surface area contributed by atoms with Crippen molar-refractivity contribution in [1.29, 1.82) is 0 Å². The van der Waals surface area contributed by atoms with Crippen LogP contribution in [0.4, 0.5) is 0 Å². The average molecular weight is 256 g/mol. The van der Waals surface area contributed by atoms with Gasteiger partial charge in [-0.3, -0.25) is 4.79 Å². The number of aromatic hydroxyl groups is 1. The monoisotopic (exact) mass is 256 g/mol. The minimum atomic E-state index is -0.240. The second-order valence-corrected chi connectivity index (χ2v) is 5.02. The fraction of sp³-hybridized carbons (Fsp3) is 0.353. The lowest BCUT2D eigenvalue weighted by Gasteiger charge is -2.14. The molecule has 0 saturated carbocycles. The molecule has 0 aliphatic heterocycles. The first-order valence-electron chi connectivity index (χ1n) is 6.88. The zero-order chi connectivity index (χ0) is 13.8. The van der Waals surface area contributed by atoms with E-state index in [1.54, 1.807) is 0 Å². The predicted octanol–water partition coefficient (Wildman–Crippen LogP) is 4.41. The summed E-state index contributed by atoms with van der Waals surface area (Å²) in [6.07, 6.45) is 2.52. The van der Waals surface area contributed by atoms with Gasteiger partial charge in [0.25, 0.3) is 0 Å². The lowest BCUT2D eigenvalue weighted by Crippen LogP contribution is -2.09. The third-order valence-corrected chi connectivity index (χ3v) is 3.66. The molecule has 1 atom stereocenters. The number of ketones is 1. The van der Waals surface area contributed by atoms with Gasteiger partial charge in [-0.2, -0.15) is 0 Å². The minimum absolute atomic E-state index is 0.201. The van der Waals surface area contributed by atoms with Gasteiger partial charge in [0.1, 0.15) is 11.5 Å². The molecule has 0 aliphatic carbocycles. The summed E-state index contributed by atoms with van der Waals surface area (Å²) in [5.41, 5.74) is 0.736. The van der Waals surface area contributed by atoms with E-state index in [2.05, 4.69) is 6.92 Å². The van der Waals surface area contributed by atoms with Crippen molar-refractivity contribution in [2.24, 2.45) is 0 Å². The van der Waals surface area contributed by atoms with E-state index in [4.69, 9.17) is 0 Å². The van der Waals surface area contributed by atoms with Crippen LogP contribution in [-0.4, -0.2) is 10.9 Å². The van der Waals surface area contributed by atoms with Gasteiger partial charge < -0.3 is 5.11 Å². The molecule has 1 unspecified atom stereocenters. The fourth-order valence-electron chi connectivity index (χ4n) is 2.36. The summed E-state index contributed by atoms with van der Waals surface area (Å²) in [5.74, 6) is 0.207. The molecule has 0 spiro atoms. The van der Waals surface area contributed by atoms with Crippen LogP contribution >= 0.6 is 0 Å². The lowest BCUT2D eigenvalue weighted by molar-refractivity contribution is -0.120. The number of fused-ring (bicyclic) bond motifs is 1. The number of carbonyl (C=O) groups is 1.